The number of hydrogen-bond acceptors (Lipinski definition) is 4. The number of Topliss-reactive ketones (excluding diaryl/α,β-unsaturated/α-hetero) is 1. The second-order valence-corrected chi connectivity index (χ2v) is 6.35. The van der Waals surface area contributed by atoms with Gasteiger partial charge in [-0.2, -0.15) is 0 Å². The molecular formula is C19H15ClN4O. The average Bonchev–Trinajstić information content (AvgIpc) is 3.11. The normalized spacial score (nSPS) is 11.3. The number of aromatic nitrogens is 4. The number of ketones is 1. The molecule has 0 unspecified atom stereocenters. The van der Waals surface area contributed by atoms with Crippen LogP contribution in [-0.4, -0.2) is 25.7 Å². The summed E-state index contributed by atoms with van der Waals surface area (Å²) in [6, 6.07) is 5.73. The smallest absolute Gasteiger partial charge is 0.180 e. The first-order valence-corrected chi connectivity index (χ1v) is 8.38. The standard InChI is InChI=1S/C19H15ClN4O/c1-3-16(25)15-4-10(2)14(8-21-15)13-5-11-7-22-17(20)6-12(11)18-19(13)24-9-23-18/h4-9,22H,3H2,1-2H3. The summed E-state index contributed by atoms with van der Waals surface area (Å²) in [5, 5.41) is 2.48. The summed E-state index contributed by atoms with van der Waals surface area (Å²) in [7, 11) is 0. The van der Waals surface area contributed by atoms with Gasteiger partial charge in [-0.3, -0.25) is 9.78 Å². The predicted octanol–water partition coefficient (Wildman–Crippen LogP) is 4.73. The number of halogens is 1. The van der Waals surface area contributed by atoms with E-state index in [9.17, 15) is 4.79 Å². The highest BCUT2D eigenvalue weighted by Crippen LogP contribution is 2.34. The molecule has 0 amide bonds. The zero-order chi connectivity index (χ0) is 17.6. The summed E-state index contributed by atoms with van der Waals surface area (Å²) in [5.41, 5.74) is 4.96. The number of benzene rings is 1. The summed E-state index contributed by atoms with van der Waals surface area (Å²) in [6.07, 6.45) is 5.59. The number of rotatable bonds is 3. The van der Waals surface area contributed by atoms with Crippen LogP contribution in [0.3, 0.4) is 0 Å². The number of nitrogens with one attached hydrogen (secondary N) is 1. The molecule has 25 heavy (non-hydrogen) atoms. The second-order valence-electron chi connectivity index (χ2n) is 5.94. The molecule has 5 nitrogen and oxygen atoms in total. The van der Waals surface area contributed by atoms with Gasteiger partial charge >= 0.3 is 0 Å². The third-order valence-corrected chi connectivity index (χ3v) is 4.58. The molecule has 0 radical (unpaired) electrons. The van der Waals surface area contributed by atoms with Crippen LogP contribution in [0.1, 0.15) is 29.4 Å². The largest absolute Gasteiger partial charge is 0.352 e. The monoisotopic (exact) mass is 350 g/mol. The summed E-state index contributed by atoms with van der Waals surface area (Å²) < 4.78 is 0. The minimum atomic E-state index is 0.0376. The third-order valence-electron chi connectivity index (χ3n) is 4.36. The summed E-state index contributed by atoms with van der Waals surface area (Å²) in [6.45, 7) is 3.81. The Labute approximate surface area is 149 Å². The van der Waals surface area contributed by atoms with Gasteiger partial charge in [0.15, 0.2) is 5.78 Å². The number of nitrogens with zero attached hydrogens (tertiary/aromatic N) is 3. The van der Waals surface area contributed by atoms with Gasteiger partial charge in [-0.05, 0) is 30.7 Å². The first kappa shape index (κ1) is 15.7. The molecule has 0 bridgehead atoms. The van der Waals surface area contributed by atoms with E-state index in [2.05, 4.69) is 19.9 Å². The van der Waals surface area contributed by atoms with Gasteiger partial charge < -0.3 is 4.98 Å². The van der Waals surface area contributed by atoms with Crippen LogP contribution in [0.2, 0.25) is 5.15 Å². The van der Waals surface area contributed by atoms with Crippen molar-refractivity contribution in [1.29, 1.82) is 0 Å². The number of H-pyrrole nitrogens is 1. The number of pyridine rings is 2. The molecule has 0 aliphatic rings. The van der Waals surface area contributed by atoms with Gasteiger partial charge in [0.2, 0.25) is 0 Å². The zero-order valence-electron chi connectivity index (χ0n) is 13.8. The van der Waals surface area contributed by atoms with Crippen LogP contribution in [0.4, 0.5) is 0 Å². The number of hydrogen-bond donors (Lipinski definition) is 1. The van der Waals surface area contributed by atoms with E-state index in [1.165, 1.54) is 0 Å². The van der Waals surface area contributed by atoms with Gasteiger partial charge in [0.1, 0.15) is 17.2 Å². The molecule has 1 N–H and O–H groups in total. The van der Waals surface area contributed by atoms with Gasteiger partial charge in [0.25, 0.3) is 0 Å². The van der Waals surface area contributed by atoms with Crippen molar-refractivity contribution in [2.24, 2.45) is 0 Å². The number of aromatic amines is 1. The van der Waals surface area contributed by atoms with Gasteiger partial charge in [0.05, 0.1) is 11.0 Å². The Morgan fingerprint density at radius 3 is 2.68 bits per heavy atom. The Hall–Kier alpha value is -2.79. The van der Waals surface area contributed by atoms with Crippen LogP contribution >= 0.6 is 11.6 Å². The fourth-order valence-electron chi connectivity index (χ4n) is 3.06. The first-order valence-electron chi connectivity index (χ1n) is 8.00. The van der Waals surface area contributed by atoms with Crippen molar-refractivity contribution >= 4 is 39.2 Å². The fourth-order valence-corrected chi connectivity index (χ4v) is 3.23. The second kappa shape index (κ2) is 5.93. The van der Waals surface area contributed by atoms with Crippen LogP contribution in [0.25, 0.3) is 32.9 Å². The molecule has 0 aliphatic carbocycles. The van der Waals surface area contributed by atoms with Crippen LogP contribution < -0.4 is 0 Å². The molecule has 0 aliphatic heterocycles. The Balaban J connectivity index is 1.99. The lowest BCUT2D eigenvalue weighted by Gasteiger charge is -2.10. The highest BCUT2D eigenvalue weighted by atomic mass is 35.5. The topological polar surface area (TPSA) is 71.5 Å². The van der Waals surface area contributed by atoms with Gasteiger partial charge in [-0.15, -0.1) is 0 Å². The van der Waals surface area contributed by atoms with Crippen LogP contribution in [0, 0.1) is 6.92 Å². The molecule has 124 valence electrons. The number of carbonyl (C=O) groups excluding carboxylic acids is 1. The van der Waals surface area contributed by atoms with Gasteiger partial charge in [-0.1, -0.05) is 18.5 Å². The SMILES string of the molecule is CCC(=O)c1cc(C)c(-c2cc3c[nH]c(Cl)cc3c3ncnc23)cn1. The molecule has 3 aromatic heterocycles. The number of aryl methyl sites for hydroxylation is 1. The molecule has 4 aromatic rings. The van der Waals surface area contributed by atoms with Gasteiger partial charge in [-0.25, -0.2) is 9.97 Å². The predicted molar refractivity (Wildman–Crippen MR) is 99.0 cm³/mol. The van der Waals surface area contributed by atoms with Crippen molar-refractivity contribution in [3.8, 4) is 11.1 Å². The van der Waals surface area contributed by atoms with Crippen molar-refractivity contribution in [3.05, 3.63) is 53.3 Å². The highest BCUT2D eigenvalue weighted by Gasteiger charge is 2.15. The maximum absolute atomic E-state index is 11.9. The number of carbonyl (C=O) groups is 1. The summed E-state index contributed by atoms with van der Waals surface area (Å²) >= 11 is 6.08. The molecule has 0 fully saturated rings. The molecule has 0 saturated carbocycles. The minimum absolute atomic E-state index is 0.0376. The van der Waals surface area contributed by atoms with E-state index in [0.717, 1.165) is 38.5 Å². The Bertz CT molecular complexity index is 1130. The molecule has 0 saturated heterocycles. The Morgan fingerprint density at radius 2 is 1.92 bits per heavy atom. The molecule has 0 spiro atoms. The zero-order valence-corrected chi connectivity index (χ0v) is 14.6. The lowest BCUT2D eigenvalue weighted by Crippen LogP contribution is -2.01. The van der Waals surface area contributed by atoms with Crippen molar-refractivity contribution in [1.82, 2.24) is 19.9 Å². The quantitative estimate of drug-likeness (QED) is 0.428. The van der Waals surface area contributed by atoms with E-state index in [0.29, 0.717) is 17.3 Å². The maximum atomic E-state index is 11.9. The molecule has 0 atom stereocenters. The maximum Gasteiger partial charge on any atom is 0.180 e. The number of fused-ring (bicyclic) bond motifs is 3. The average molecular weight is 351 g/mol. The first-order chi connectivity index (χ1) is 12.1. The molecule has 4 rings (SSSR count). The number of imidazole rings is 1. The lowest BCUT2D eigenvalue weighted by atomic mass is 9.97. The molecule has 3 heterocycles. The Kier molecular flexibility index (Phi) is 3.73. The van der Waals surface area contributed by atoms with Crippen LogP contribution in [-0.2, 0) is 0 Å². The van der Waals surface area contributed by atoms with Crippen LogP contribution in [0.5, 0.6) is 0 Å². The Morgan fingerprint density at radius 1 is 1.12 bits per heavy atom. The minimum Gasteiger partial charge on any atom is -0.352 e. The van der Waals surface area contributed by atoms with Crippen molar-refractivity contribution in [3.63, 3.8) is 0 Å². The van der Waals surface area contributed by atoms with Gasteiger partial charge in [0, 0.05) is 40.7 Å². The van der Waals surface area contributed by atoms with E-state index in [1.807, 2.05) is 38.2 Å². The van der Waals surface area contributed by atoms with Crippen molar-refractivity contribution < 1.29 is 4.79 Å². The van der Waals surface area contributed by atoms with E-state index < -0.39 is 0 Å². The third kappa shape index (κ3) is 2.57. The van der Waals surface area contributed by atoms with E-state index in [4.69, 9.17) is 11.6 Å². The van der Waals surface area contributed by atoms with Crippen LogP contribution in [0.15, 0.2) is 36.9 Å². The summed E-state index contributed by atoms with van der Waals surface area (Å²) in [4.78, 5) is 28.1. The molecule has 1 aromatic carbocycles. The van der Waals surface area contributed by atoms with Crippen molar-refractivity contribution in [2.75, 3.05) is 0 Å². The van der Waals surface area contributed by atoms with E-state index >= 15 is 0 Å². The summed E-state index contributed by atoms with van der Waals surface area (Å²) in [5.74, 6) is 0.0376. The fraction of sp³-hybridized carbons (Fsp3) is 0.158. The molecular weight excluding hydrogens is 336 g/mol. The van der Waals surface area contributed by atoms with Crippen molar-refractivity contribution in [2.45, 2.75) is 20.3 Å². The lowest BCUT2D eigenvalue weighted by molar-refractivity contribution is 0.0983. The van der Waals surface area contributed by atoms with E-state index in [-0.39, 0.29) is 5.78 Å². The highest BCUT2D eigenvalue weighted by molar-refractivity contribution is 6.30. The molecule has 6 heteroatoms. The van der Waals surface area contributed by atoms with E-state index in [1.54, 1.807) is 12.5 Å².